The molecular weight excluding hydrogens is 312 g/mol. The molecule has 0 aliphatic rings. The summed E-state index contributed by atoms with van der Waals surface area (Å²) in [6.45, 7) is 3.46. The number of hydrogen-bond donors (Lipinski definition) is 2. The summed E-state index contributed by atoms with van der Waals surface area (Å²) in [6.07, 6.45) is 0. The van der Waals surface area contributed by atoms with Crippen LogP contribution in [0.3, 0.4) is 0 Å². The molecular formula is C16H14N4O4. The summed E-state index contributed by atoms with van der Waals surface area (Å²) < 4.78 is 9.76. The maximum Gasteiger partial charge on any atom is 0.256 e. The molecule has 8 nitrogen and oxygen atoms in total. The minimum Gasteiger partial charge on any atom is -0.360 e. The lowest BCUT2D eigenvalue weighted by Crippen LogP contribution is -2.14. The van der Waals surface area contributed by atoms with Crippen LogP contribution in [0.1, 0.15) is 32.2 Å². The zero-order chi connectivity index (χ0) is 17.1. The normalized spacial score (nSPS) is 10.4. The van der Waals surface area contributed by atoms with E-state index >= 15 is 0 Å². The van der Waals surface area contributed by atoms with E-state index in [4.69, 9.17) is 9.05 Å². The molecule has 0 spiro atoms. The second-order valence-electron chi connectivity index (χ2n) is 5.13. The Morgan fingerprint density at radius 1 is 0.792 bits per heavy atom. The summed E-state index contributed by atoms with van der Waals surface area (Å²) >= 11 is 0. The second kappa shape index (κ2) is 6.37. The number of nitrogens with one attached hydrogen (secondary N) is 2. The molecule has 0 saturated carbocycles. The maximum atomic E-state index is 12.1. The van der Waals surface area contributed by atoms with Crippen LogP contribution in [0.4, 0.5) is 11.6 Å². The number of amides is 2. The van der Waals surface area contributed by atoms with Crippen molar-refractivity contribution in [2.75, 3.05) is 10.6 Å². The van der Waals surface area contributed by atoms with Crippen molar-refractivity contribution < 1.29 is 18.6 Å². The molecule has 0 saturated heterocycles. The Hall–Kier alpha value is -3.42. The van der Waals surface area contributed by atoms with Gasteiger partial charge in [0.1, 0.15) is 11.5 Å². The molecule has 122 valence electrons. The van der Waals surface area contributed by atoms with Gasteiger partial charge in [0.2, 0.25) is 0 Å². The van der Waals surface area contributed by atoms with Crippen molar-refractivity contribution in [1.29, 1.82) is 0 Å². The number of anilines is 2. The van der Waals surface area contributed by atoms with Crippen molar-refractivity contribution in [1.82, 2.24) is 10.3 Å². The van der Waals surface area contributed by atoms with E-state index in [1.807, 2.05) is 0 Å². The van der Waals surface area contributed by atoms with E-state index < -0.39 is 0 Å². The molecule has 2 heterocycles. The molecule has 24 heavy (non-hydrogen) atoms. The van der Waals surface area contributed by atoms with Gasteiger partial charge in [-0.15, -0.1) is 0 Å². The van der Waals surface area contributed by atoms with E-state index in [1.54, 1.807) is 50.2 Å². The highest BCUT2D eigenvalue weighted by Gasteiger charge is 2.12. The predicted molar refractivity (Wildman–Crippen MR) is 84.8 cm³/mol. The number of benzene rings is 1. The fourth-order valence-corrected chi connectivity index (χ4v) is 2.00. The van der Waals surface area contributed by atoms with E-state index in [0.717, 1.165) is 0 Å². The number of aryl methyl sites for hydroxylation is 2. The van der Waals surface area contributed by atoms with E-state index in [1.165, 1.54) is 0 Å². The molecule has 0 radical (unpaired) electrons. The fraction of sp³-hybridized carbons (Fsp3) is 0.125. The monoisotopic (exact) mass is 326 g/mol. The van der Waals surface area contributed by atoms with Gasteiger partial charge in [0, 0.05) is 23.3 Å². The third-order valence-electron chi connectivity index (χ3n) is 3.15. The van der Waals surface area contributed by atoms with Crippen molar-refractivity contribution >= 4 is 23.5 Å². The number of aromatic nitrogens is 2. The van der Waals surface area contributed by atoms with E-state index in [9.17, 15) is 9.59 Å². The number of carbonyl (C=O) groups excluding carboxylic acids is 2. The van der Waals surface area contributed by atoms with E-state index in [-0.39, 0.29) is 11.8 Å². The minimum absolute atomic E-state index is 0.334. The molecule has 3 aromatic rings. The van der Waals surface area contributed by atoms with Crippen molar-refractivity contribution in [2.24, 2.45) is 0 Å². The van der Waals surface area contributed by atoms with Crippen LogP contribution in [0.2, 0.25) is 0 Å². The second-order valence-corrected chi connectivity index (χ2v) is 5.13. The molecule has 2 N–H and O–H groups in total. The van der Waals surface area contributed by atoms with Crippen LogP contribution in [-0.2, 0) is 0 Å². The Balaban J connectivity index is 1.66. The van der Waals surface area contributed by atoms with Crippen LogP contribution in [0.15, 0.2) is 45.4 Å². The van der Waals surface area contributed by atoms with Crippen LogP contribution in [0.25, 0.3) is 0 Å². The minimum atomic E-state index is -0.345. The largest absolute Gasteiger partial charge is 0.360 e. The molecule has 0 aliphatic heterocycles. The van der Waals surface area contributed by atoms with Gasteiger partial charge in [0.15, 0.2) is 11.6 Å². The fourth-order valence-electron chi connectivity index (χ4n) is 2.00. The van der Waals surface area contributed by atoms with Gasteiger partial charge in [0.25, 0.3) is 11.8 Å². The molecule has 0 bridgehead atoms. The quantitative estimate of drug-likeness (QED) is 0.763. The first kappa shape index (κ1) is 15.5. The lowest BCUT2D eigenvalue weighted by atomic mass is 10.1. The standard InChI is InChI=1S/C16H14N4O4/c1-9-7-13(19-23-9)17-15(21)11-3-5-12(6-4-11)16(22)18-14-8-10(2)24-20-14/h3-8H,1-2H3,(H,17,19,21)(H,18,20,22). The summed E-state index contributed by atoms with van der Waals surface area (Å²) in [5.41, 5.74) is 0.786. The van der Waals surface area contributed by atoms with Gasteiger partial charge >= 0.3 is 0 Å². The molecule has 0 fully saturated rings. The smallest absolute Gasteiger partial charge is 0.256 e. The summed E-state index contributed by atoms with van der Waals surface area (Å²) in [7, 11) is 0. The van der Waals surface area contributed by atoms with Gasteiger partial charge in [-0.3, -0.25) is 9.59 Å². The first-order chi connectivity index (χ1) is 11.5. The predicted octanol–water partition coefficient (Wildman–Crippen LogP) is 2.78. The molecule has 0 atom stereocenters. The highest BCUT2D eigenvalue weighted by Crippen LogP contribution is 2.12. The van der Waals surface area contributed by atoms with Crippen LogP contribution in [0.5, 0.6) is 0 Å². The lowest BCUT2D eigenvalue weighted by molar-refractivity contribution is 0.101. The highest BCUT2D eigenvalue weighted by atomic mass is 16.5. The Kier molecular flexibility index (Phi) is 4.11. The molecule has 1 aromatic carbocycles. The summed E-state index contributed by atoms with van der Waals surface area (Å²) in [4.78, 5) is 24.2. The molecule has 0 unspecified atom stereocenters. The van der Waals surface area contributed by atoms with Gasteiger partial charge < -0.3 is 19.7 Å². The van der Waals surface area contributed by atoms with Crippen LogP contribution >= 0.6 is 0 Å². The van der Waals surface area contributed by atoms with Crippen LogP contribution < -0.4 is 10.6 Å². The van der Waals surface area contributed by atoms with Gasteiger partial charge in [-0.25, -0.2) is 0 Å². The Morgan fingerprint density at radius 3 is 1.46 bits per heavy atom. The zero-order valence-corrected chi connectivity index (χ0v) is 13.0. The topological polar surface area (TPSA) is 110 Å². The third kappa shape index (κ3) is 3.49. The average molecular weight is 326 g/mol. The number of carbonyl (C=O) groups is 2. The van der Waals surface area contributed by atoms with Crippen molar-refractivity contribution in [3.8, 4) is 0 Å². The average Bonchev–Trinajstić information content (AvgIpc) is 3.15. The van der Waals surface area contributed by atoms with Gasteiger partial charge in [-0.1, -0.05) is 10.3 Å². The molecule has 2 amide bonds. The summed E-state index contributed by atoms with van der Waals surface area (Å²) in [6, 6.07) is 9.41. The zero-order valence-electron chi connectivity index (χ0n) is 13.0. The van der Waals surface area contributed by atoms with E-state index in [0.29, 0.717) is 34.3 Å². The Bertz CT molecular complexity index is 806. The SMILES string of the molecule is Cc1cc(NC(=O)c2ccc(C(=O)Nc3cc(C)on3)cc2)no1. The number of hydrogen-bond acceptors (Lipinski definition) is 6. The maximum absolute atomic E-state index is 12.1. The Morgan fingerprint density at radius 2 is 1.17 bits per heavy atom. The van der Waals surface area contributed by atoms with Crippen molar-refractivity contribution in [3.63, 3.8) is 0 Å². The van der Waals surface area contributed by atoms with Crippen LogP contribution in [-0.4, -0.2) is 22.1 Å². The van der Waals surface area contributed by atoms with E-state index in [2.05, 4.69) is 20.9 Å². The number of rotatable bonds is 4. The first-order valence-electron chi connectivity index (χ1n) is 7.10. The summed E-state index contributed by atoms with van der Waals surface area (Å²) in [5, 5.41) is 12.6. The molecule has 2 aromatic heterocycles. The molecule has 0 aliphatic carbocycles. The summed E-state index contributed by atoms with van der Waals surface area (Å²) in [5.74, 6) is 1.17. The third-order valence-corrected chi connectivity index (χ3v) is 3.15. The Labute approximate surface area is 136 Å². The van der Waals surface area contributed by atoms with Crippen LogP contribution in [0, 0.1) is 13.8 Å². The molecule has 8 heteroatoms. The van der Waals surface area contributed by atoms with Gasteiger partial charge in [0.05, 0.1) is 0 Å². The van der Waals surface area contributed by atoms with Gasteiger partial charge in [-0.05, 0) is 38.1 Å². The first-order valence-corrected chi connectivity index (χ1v) is 7.10. The van der Waals surface area contributed by atoms with Crippen molar-refractivity contribution in [3.05, 3.63) is 59.0 Å². The van der Waals surface area contributed by atoms with Crippen molar-refractivity contribution in [2.45, 2.75) is 13.8 Å². The van der Waals surface area contributed by atoms with Gasteiger partial charge in [-0.2, -0.15) is 0 Å². The lowest BCUT2D eigenvalue weighted by Gasteiger charge is -2.04. The number of nitrogens with zero attached hydrogens (tertiary/aromatic N) is 2. The molecule has 3 rings (SSSR count). The highest BCUT2D eigenvalue weighted by molar-refractivity contribution is 6.06.